The summed E-state index contributed by atoms with van der Waals surface area (Å²) in [5, 5.41) is 0. The minimum atomic E-state index is -3.84. The summed E-state index contributed by atoms with van der Waals surface area (Å²) < 4.78 is 46.1. The van der Waals surface area contributed by atoms with Gasteiger partial charge < -0.3 is 4.74 Å². The molecule has 0 saturated heterocycles. The summed E-state index contributed by atoms with van der Waals surface area (Å²) >= 11 is 0. The van der Waals surface area contributed by atoms with E-state index in [1.54, 1.807) is 19.1 Å². The van der Waals surface area contributed by atoms with E-state index in [9.17, 15) is 17.6 Å². The number of rotatable bonds is 3. The van der Waals surface area contributed by atoms with Crippen LogP contribution in [0, 0.1) is 12.7 Å². The van der Waals surface area contributed by atoms with Gasteiger partial charge in [-0.05, 0) is 50.1 Å². The summed E-state index contributed by atoms with van der Waals surface area (Å²) in [5.74, 6) is -1.42. The van der Waals surface area contributed by atoms with Crippen molar-refractivity contribution < 1.29 is 22.3 Å². The lowest BCUT2D eigenvalue weighted by atomic mass is 10.1. The lowest BCUT2D eigenvalue weighted by Crippen LogP contribution is -2.38. The van der Waals surface area contributed by atoms with Crippen LogP contribution in [0.3, 0.4) is 0 Å². The van der Waals surface area contributed by atoms with Gasteiger partial charge in [-0.25, -0.2) is 17.6 Å². The molecule has 0 spiro atoms. The van der Waals surface area contributed by atoms with Crippen LogP contribution in [-0.4, -0.2) is 27.5 Å². The molecule has 2 aromatic rings. The third-order valence-corrected chi connectivity index (χ3v) is 6.01. The first-order valence-corrected chi connectivity index (χ1v) is 9.37. The van der Waals surface area contributed by atoms with Crippen molar-refractivity contribution in [3.63, 3.8) is 0 Å². The number of carbonyl (C=O) groups excluding carboxylic acids is 1. The van der Waals surface area contributed by atoms with Gasteiger partial charge in [-0.3, -0.25) is 4.31 Å². The fourth-order valence-corrected chi connectivity index (χ4v) is 4.63. The van der Waals surface area contributed by atoms with Crippen molar-refractivity contribution in [2.45, 2.75) is 25.2 Å². The Morgan fingerprint density at radius 2 is 2.00 bits per heavy atom. The van der Waals surface area contributed by atoms with Gasteiger partial charge >= 0.3 is 5.97 Å². The van der Waals surface area contributed by atoms with Crippen LogP contribution in [0.15, 0.2) is 41.3 Å². The Morgan fingerprint density at radius 3 is 2.68 bits per heavy atom. The molecule has 132 valence electrons. The highest BCUT2D eigenvalue weighted by Gasteiger charge is 2.33. The fraction of sp³-hybridized carbons (Fsp3) is 0.278. The third-order valence-electron chi connectivity index (χ3n) is 4.10. The predicted octanol–water partition coefficient (Wildman–Crippen LogP) is 3.06. The van der Waals surface area contributed by atoms with Gasteiger partial charge in [-0.2, -0.15) is 0 Å². The molecule has 0 aromatic heterocycles. The van der Waals surface area contributed by atoms with Crippen LogP contribution in [0.4, 0.5) is 10.1 Å². The van der Waals surface area contributed by atoms with Crippen molar-refractivity contribution in [2.24, 2.45) is 0 Å². The number of aryl methyl sites for hydroxylation is 1. The van der Waals surface area contributed by atoms with Crippen molar-refractivity contribution in [1.82, 2.24) is 0 Å². The Balaban J connectivity index is 2.00. The number of benzene rings is 2. The van der Waals surface area contributed by atoms with Gasteiger partial charge in [0, 0.05) is 6.54 Å². The summed E-state index contributed by atoms with van der Waals surface area (Å²) in [5.41, 5.74) is 1.69. The van der Waals surface area contributed by atoms with Crippen molar-refractivity contribution in [2.75, 3.05) is 17.5 Å². The number of fused-ring (bicyclic) bond motifs is 1. The fourth-order valence-electron chi connectivity index (χ4n) is 2.92. The number of sulfonamides is 1. The molecule has 1 heterocycles. The number of hydrogen-bond acceptors (Lipinski definition) is 4. The first-order chi connectivity index (χ1) is 11.8. The zero-order valence-electron chi connectivity index (χ0n) is 14.0. The molecule has 0 saturated carbocycles. The number of halogens is 1. The molecule has 1 aliphatic rings. The Labute approximate surface area is 146 Å². The highest BCUT2D eigenvalue weighted by Crippen LogP contribution is 2.33. The molecule has 0 fully saturated rings. The number of carbonyl (C=O) groups is 1. The zero-order chi connectivity index (χ0) is 18.2. The normalized spacial score (nSPS) is 15.6. The quantitative estimate of drug-likeness (QED) is 0.786. The van der Waals surface area contributed by atoms with Crippen LogP contribution in [0.1, 0.15) is 28.4 Å². The highest BCUT2D eigenvalue weighted by molar-refractivity contribution is 7.93. The lowest BCUT2D eigenvalue weighted by Gasteiger charge is -2.30. The molecule has 7 heteroatoms. The van der Waals surface area contributed by atoms with Crippen molar-refractivity contribution in [3.05, 3.63) is 58.9 Å². The minimum Gasteiger partial charge on any atom is -0.462 e. The SMILES string of the molecule is CCOC(=O)c1ccc(N2CCc3cc(C)ccc3S2(=O)=O)c(F)c1. The second-order valence-corrected chi connectivity index (χ2v) is 7.66. The molecule has 5 nitrogen and oxygen atoms in total. The number of anilines is 1. The van der Waals surface area contributed by atoms with Gasteiger partial charge in [0.15, 0.2) is 0 Å². The molecule has 1 aliphatic heterocycles. The molecule has 0 atom stereocenters. The molecular weight excluding hydrogens is 345 g/mol. The van der Waals surface area contributed by atoms with E-state index in [4.69, 9.17) is 4.74 Å². The molecule has 0 unspecified atom stereocenters. The van der Waals surface area contributed by atoms with Gasteiger partial charge in [0.1, 0.15) is 5.82 Å². The van der Waals surface area contributed by atoms with Crippen LogP contribution in [0.25, 0.3) is 0 Å². The molecule has 2 aromatic carbocycles. The molecule has 0 bridgehead atoms. The first-order valence-electron chi connectivity index (χ1n) is 7.93. The summed E-state index contributed by atoms with van der Waals surface area (Å²) in [6, 6.07) is 8.80. The van der Waals surface area contributed by atoms with Crippen LogP contribution in [0.5, 0.6) is 0 Å². The zero-order valence-corrected chi connectivity index (χ0v) is 14.8. The van der Waals surface area contributed by atoms with E-state index in [-0.39, 0.29) is 29.3 Å². The van der Waals surface area contributed by atoms with Gasteiger partial charge in [0.2, 0.25) is 0 Å². The van der Waals surface area contributed by atoms with E-state index in [2.05, 4.69) is 0 Å². The van der Waals surface area contributed by atoms with E-state index >= 15 is 0 Å². The van der Waals surface area contributed by atoms with E-state index < -0.39 is 21.8 Å². The van der Waals surface area contributed by atoms with E-state index in [1.165, 1.54) is 12.1 Å². The molecule has 25 heavy (non-hydrogen) atoms. The highest BCUT2D eigenvalue weighted by atomic mass is 32.2. The Hall–Kier alpha value is -2.41. The maximum absolute atomic E-state index is 14.5. The topological polar surface area (TPSA) is 63.7 Å². The Morgan fingerprint density at radius 1 is 1.24 bits per heavy atom. The van der Waals surface area contributed by atoms with Crippen LogP contribution in [0.2, 0.25) is 0 Å². The molecular formula is C18H18FNO4S. The first kappa shape index (κ1) is 17.4. The maximum Gasteiger partial charge on any atom is 0.338 e. The number of esters is 1. The molecule has 0 N–H and O–H groups in total. The van der Waals surface area contributed by atoms with Crippen molar-refractivity contribution in [1.29, 1.82) is 0 Å². The smallest absolute Gasteiger partial charge is 0.338 e. The molecule has 0 amide bonds. The summed E-state index contributed by atoms with van der Waals surface area (Å²) in [6.45, 7) is 3.88. The van der Waals surface area contributed by atoms with Crippen LogP contribution in [-0.2, 0) is 21.2 Å². The molecule has 0 aliphatic carbocycles. The maximum atomic E-state index is 14.5. The van der Waals surface area contributed by atoms with Gasteiger partial charge in [0.25, 0.3) is 10.0 Å². The minimum absolute atomic E-state index is 0.0496. The molecule has 0 radical (unpaired) electrons. The van der Waals surface area contributed by atoms with Crippen LogP contribution >= 0.6 is 0 Å². The second kappa shape index (κ2) is 6.48. The third kappa shape index (κ3) is 3.11. The largest absolute Gasteiger partial charge is 0.462 e. The van der Waals surface area contributed by atoms with Gasteiger partial charge in [0.05, 0.1) is 22.8 Å². The Bertz CT molecular complexity index is 940. The lowest BCUT2D eigenvalue weighted by molar-refractivity contribution is 0.0526. The van der Waals surface area contributed by atoms with Crippen molar-refractivity contribution >= 4 is 21.7 Å². The monoisotopic (exact) mass is 363 g/mol. The molecule has 3 rings (SSSR count). The second-order valence-electron chi connectivity index (χ2n) is 5.83. The van der Waals surface area contributed by atoms with Crippen molar-refractivity contribution in [3.8, 4) is 0 Å². The van der Waals surface area contributed by atoms with Gasteiger partial charge in [-0.15, -0.1) is 0 Å². The summed E-state index contributed by atoms with van der Waals surface area (Å²) in [4.78, 5) is 11.9. The average molecular weight is 363 g/mol. The van der Waals surface area contributed by atoms with Crippen LogP contribution < -0.4 is 4.31 Å². The number of nitrogens with zero attached hydrogens (tertiary/aromatic N) is 1. The summed E-state index contributed by atoms with van der Waals surface area (Å²) in [7, 11) is -3.84. The predicted molar refractivity (Wildman–Crippen MR) is 91.8 cm³/mol. The van der Waals surface area contributed by atoms with E-state index in [0.29, 0.717) is 6.42 Å². The Kier molecular flexibility index (Phi) is 4.51. The van der Waals surface area contributed by atoms with E-state index in [0.717, 1.165) is 21.5 Å². The number of hydrogen-bond donors (Lipinski definition) is 0. The number of ether oxygens (including phenoxy) is 1. The van der Waals surface area contributed by atoms with E-state index in [1.807, 2.05) is 13.0 Å². The van der Waals surface area contributed by atoms with Gasteiger partial charge in [-0.1, -0.05) is 17.7 Å². The average Bonchev–Trinajstić information content (AvgIpc) is 2.55. The standard InChI is InChI=1S/C18H18FNO4S/c1-3-24-18(21)14-5-6-16(15(19)11-14)20-9-8-13-10-12(2)4-7-17(13)25(20,22)23/h4-7,10-11H,3,8-9H2,1-2H3. The summed E-state index contributed by atoms with van der Waals surface area (Å²) in [6.07, 6.45) is 0.495.